The molecule has 2 aromatic rings. The zero-order valence-corrected chi connectivity index (χ0v) is 19.1. The summed E-state index contributed by atoms with van der Waals surface area (Å²) >= 11 is 0. The third-order valence-corrected chi connectivity index (χ3v) is 7.53. The summed E-state index contributed by atoms with van der Waals surface area (Å²) in [6.45, 7) is 4.18. The Morgan fingerprint density at radius 1 is 1.12 bits per heavy atom. The van der Waals surface area contributed by atoms with Crippen LogP contribution >= 0.6 is 0 Å². The molecular weight excluding hydrogens is 406 g/mol. The van der Waals surface area contributed by atoms with Crippen LogP contribution in [0.1, 0.15) is 81.2 Å². The van der Waals surface area contributed by atoms with E-state index < -0.39 is 6.09 Å². The van der Waals surface area contributed by atoms with E-state index in [2.05, 4.69) is 15.2 Å². The molecule has 0 bridgehead atoms. The Hall–Kier alpha value is -2.35. The highest BCUT2D eigenvalue weighted by Crippen LogP contribution is 2.41. The molecule has 0 unspecified atom stereocenters. The first-order chi connectivity index (χ1) is 15.7. The maximum Gasteiger partial charge on any atom is 0.407 e. The molecule has 0 radical (unpaired) electrons. The summed E-state index contributed by atoms with van der Waals surface area (Å²) in [6, 6.07) is 0.976. The van der Waals surface area contributed by atoms with E-state index in [9.17, 15) is 9.59 Å². The minimum atomic E-state index is -0.418. The molecule has 1 atom stereocenters. The molecule has 0 aromatic carbocycles. The summed E-state index contributed by atoms with van der Waals surface area (Å²) in [4.78, 5) is 30.5. The predicted octanol–water partition coefficient (Wildman–Crippen LogP) is 3.43. The summed E-state index contributed by atoms with van der Waals surface area (Å²) in [5.74, 6) is 0. The summed E-state index contributed by atoms with van der Waals surface area (Å²) < 4.78 is 6.88. The first-order valence-corrected chi connectivity index (χ1v) is 12.5. The van der Waals surface area contributed by atoms with Gasteiger partial charge >= 0.3 is 6.09 Å². The van der Waals surface area contributed by atoms with Crippen molar-refractivity contribution in [1.82, 2.24) is 25.0 Å². The lowest BCUT2D eigenvalue weighted by Crippen LogP contribution is -2.33. The van der Waals surface area contributed by atoms with Gasteiger partial charge in [-0.25, -0.2) is 9.48 Å². The number of likely N-dealkylation sites (tertiary alicyclic amines) is 1. The minimum Gasteiger partial charge on any atom is -0.450 e. The lowest BCUT2D eigenvalue weighted by Gasteiger charge is -2.30. The Kier molecular flexibility index (Phi) is 6.22. The first kappa shape index (κ1) is 21.5. The molecular formula is C24H35N5O3. The van der Waals surface area contributed by atoms with Gasteiger partial charge in [0.25, 0.3) is 5.56 Å². The number of nitrogens with one attached hydrogen (secondary N) is 2. The number of aromatic nitrogens is 3. The van der Waals surface area contributed by atoms with Crippen LogP contribution in [0, 0.1) is 0 Å². The van der Waals surface area contributed by atoms with E-state index in [1.165, 1.54) is 43.1 Å². The third-order valence-electron chi connectivity index (χ3n) is 7.53. The minimum absolute atomic E-state index is 0.0253. The van der Waals surface area contributed by atoms with Crippen LogP contribution in [-0.4, -0.2) is 51.5 Å². The first-order valence-electron chi connectivity index (χ1n) is 12.5. The predicted molar refractivity (Wildman–Crippen MR) is 123 cm³/mol. The van der Waals surface area contributed by atoms with Crippen LogP contribution in [0.3, 0.4) is 0 Å². The number of hydrogen-bond donors (Lipinski definition) is 2. The maximum atomic E-state index is 12.9. The van der Waals surface area contributed by atoms with Crippen molar-refractivity contribution in [2.45, 2.75) is 89.8 Å². The van der Waals surface area contributed by atoms with Crippen molar-refractivity contribution < 1.29 is 9.53 Å². The highest BCUT2D eigenvalue weighted by molar-refractivity contribution is 5.84. The van der Waals surface area contributed by atoms with Crippen molar-refractivity contribution in [2.24, 2.45) is 0 Å². The van der Waals surface area contributed by atoms with E-state index in [0.717, 1.165) is 55.6 Å². The average Bonchev–Trinajstić information content (AvgIpc) is 3.54. The fourth-order valence-electron chi connectivity index (χ4n) is 6.12. The Morgan fingerprint density at radius 3 is 2.69 bits per heavy atom. The van der Waals surface area contributed by atoms with Crippen LogP contribution < -0.4 is 10.9 Å². The van der Waals surface area contributed by atoms with E-state index in [1.807, 2.05) is 4.68 Å². The zero-order valence-electron chi connectivity index (χ0n) is 19.1. The van der Waals surface area contributed by atoms with E-state index in [-0.39, 0.29) is 5.56 Å². The summed E-state index contributed by atoms with van der Waals surface area (Å²) in [6.07, 6.45) is 11.1. The van der Waals surface area contributed by atoms with Gasteiger partial charge in [0.2, 0.25) is 0 Å². The van der Waals surface area contributed by atoms with Crippen molar-refractivity contribution in [3.8, 4) is 0 Å². The highest BCUT2D eigenvalue weighted by Gasteiger charge is 2.37. The zero-order chi connectivity index (χ0) is 22.1. The molecule has 32 heavy (non-hydrogen) atoms. The molecule has 8 nitrogen and oxygen atoms in total. The number of ether oxygens (including phenoxy) is 1. The van der Waals surface area contributed by atoms with Crippen LogP contribution in [0.25, 0.3) is 11.0 Å². The quantitative estimate of drug-likeness (QED) is 0.717. The normalized spacial score (nSPS) is 21.8. The number of pyridine rings is 1. The van der Waals surface area contributed by atoms with Gasteiger partial charge in [-0.2, -0.15) is 5.10 Å². The van der Waals surface area contributed by atoms with Gasteiger partial charge in [0.1, 0.15) is 5.65 Å². The highest BCUT2D eigenvalue weighted by atomic mass is 16.5. The Balaban J connectivity index is 1.54. The summed E-state index contributed by atoms with van der Waals surface area (Å²) in [5, 5.41) is 9.05. The summed E-state index contributed by atoms with van der Waals surface area (Å²) in [5.41, 5.74) is 4.15. The van der Waals surface area contributed by atoms with Gasteiger partial charge in [0.05, 0.1) is 24.9 Å². The van der Waals surface area contributed by atoms with Crippen LogP contribution in [0.4, 0.5) is 4.79 Å². The number of nitrogens with zero attached hydrogens (tertiary/aromatic N) is 3. The number of rotatable bonds is 6. The van der Waals surface area contributed by atoms with E-state index in [1.54, 1.807) is 6.92 Å². The van der Waals surface area contributed by atoms with Gasteiger partial charge in [-0.15, -0.1) is 0 Å². The van der Waals surface area contributed by atoms with Crippen LogP contribution in [0.5, 0.6) is 0 Å². The molecule has 1 aliphatic heterocycles. The molecule has 174 valence electrons. The summed E-state index contributed by atoms with van der Waals surface area (Å²) in [7, 11) is 0. The number of alkyl carbamates (subject to hydrolysis) is 1. The Bertz CT molecular complexity index is 1040. The smallest absolute Gasteiger partial charge is 0.407 e. The number of H-pyrrole nitrogens is 1. The van der Waals surface area contributed by atoms with Crippen LogP contribution in [0.15, 0.2) is 4.79 Å². The maximum absolute atomic E-state index is 12.9. The molecule has 2 fully saturated rings. The number of amides is 1. The third kappa shape index (κ3) is 3.93. The lowest BCUT2D eigenvalue weighted by atomic mass is 9.89. The average molecular weight is 442 g/mol. The fraction of sp³-hybridized carbons (Fsp3) is 0.708. The number of fused-ring (bicyclic) bond motifs is 3. The second kappa shape index (κ2) is 9.25. The monoisotopic (exact) mass is 441 g/mol. The molecule has 2 aliphatic carbocycles. The van der Waals surface area contributed by atoms with Gasteiger partial charge in [0, 0.05) is 23.5 Å². The topological polar surface area (TPSA) is 92.2 Å². The molecule has 2 N–H and O–H groups in total. The molecule has 2 aromatic heterocycles. The fourth-order valence-corrected chi connectivity index (χ4v) is 6.12. The van der Waals surface area contributed by atoms with Crippen molar-refractivity contribution in [3.05, 3.63) is 27.2 Å². The lowest BCUT2D eigenvalue weighted by molar-refractivity contribution is 0.151. The van der Waals surface area contributed by atoms with Crippen LogP contribution in [-0.2, 0) is 24.1 Å². The van der Waals surface area contributed by atoms with E-state index in [4.69, 9.17) is 9.84 Å². The molecule has 3 aliphatic rings. The molecule has 0 spiro atoms. The number of aryl methyl sites for hydroxylation is 1. The SMILES string of the molecule is CCOC(=O)NCCn1nc([C@H]2CCCN2C2CCCC2)c2c3c(c(=O)[nH]c21)CCCC3. The number of carbonyl (C=O) groups is 1. The van der Waals surface area contributed by atoms with Gasteiger partial charge in [-0.3, -0.25) is 9.69 Å². The largest absolute Gasteiger partial charge is 0.450 e. The second-order valence-electron chi connectivity index (χ2n) is 9.43. The molecule has 1 saturated heterocycles. The van der Waals surface area contributed by atoms with Crippen molar-refractivity contribution in [3.63, 3.8) is 0 Å². The van der Waals surface area contributed by atoms with E-state index >= 15 is 0 Å². The van der Waals surface area contributed by atoms with Crippen molar-refractivity contribution in [1.29, 1.82) is 0 Å². The standard InChI is InChI=1S/C24H35N5O3/c1-2-32-24(31)25-13-15-29-22-20(17-10-5-6-11-18(17)23(30)26-22)21(27-29)19-12-7-14-28(19)16-8-3-4-9-16/h16,19H,2-15H2,1H3,(H,25,31)(H,26,30)/t19-/m1/s1. The number of carbonyl (C=O) groups excluding carboxylic acids is 1. The van der Waals surface area contributed by atoms with Crippen molar-refractivity contribution in [2.75, 3.05) is 19.7 Å². The van der Waals surface area contributed by atoms with Gasteiger partial charge in [-0.05, 0) is 70.4 Å². The van der Waals surface area contributed by atoms with Crippen LogP contribution in [0.2, 0.25) is 0 Å². The molecule has 8 heteroatoms. The second-order valence-corrected chi connectivity index (χ2v) is 9.43. The van der Waals surface area contributed by atoms with E-state index in [0.29, 0.717) is 31.8 Å². The van der Waals surface area contributed by atoms with Gasteiger partial charge in [0.15, 0.2) is 0 Å². The number of aromatic amines is 1. The van der Waals surface area contributed by atoms with Gasteiger partial charge in [-0.1, -0.05) is 12.8 Å². The number of hydrogen-bond acceptors (Lipinski definition) is 5. The molecule has 3 heterocycles. The molecule has 1 amide bonds. The molecule has 1 saturated carbocycles. The van der Waals surface area contributed by atoms with Gasteiger partial charge < -0.3 is 15.0 Å². The Morgan fingerprint density at radius 2 is 1.91 bits per heavy atom. The molecule has 5 rings (SSSR count). The Labute approximate surface area is 188 Å². The van der Waals surface area contributed by atoms with Crippen molar-refractivity contribution >= 4 is 17.1 Å².